The molecule has 1 aliphatic rings. The van der Waals surface area contributed by atoms with Gasteiger partial charge in [0, 0.05) is 24.2 Å². The van der Waals surface area contributed by atoms with Crippen molar-refractivity contribution >= 4 is 17.5 Å². The minimum atomic E-state index is -0.398. The van der Waals surface area contributed by atoms with Gasteiger partial charge in [-0.15, -0.1) is 0 Å². The van der Waals surface area contributed by atoms with Gasteiger partial charge in [0.15, 0.2) is 0 Å². The first kappa shape index (κ1) is 20.8. The van der Waals surface area contributed by atoms with Crippen LogP contribution < -0.4 is 16.2 Å². The molecule has 0 atom stereocenters. The van der Waals surface area contributed by atoms with Crippen LogP contribution in [0.2, 0.25) is 0 Å². The van der Waals surface area contributed by atoms with Crippen LogP contribution in [0.1, 0.15) is 55.1 Å². The summed E-state index contributed by atoms with van der Waals surface area (Å²) in [4.78, 5) is 36.8. The van der Waals surface area contributed by atoms with Crippen LogP contribution in [0.3, 0.4) is 0 Å². The molecule has 2 N–H and O–H groups in total. The zero-order chi connectivity index (χ0) is 20.8. The lowest BCUT2D eigenvalue weighted by Crippen LogP contribution is -2.38. The van der Waals surface area contributed by atoms with Gasteiger partial charge in [0.1, 0.15) is 5.69 Å². The van der Waals surface area contributed by atoms with E-state index in [1.54, 1.807) is 6.07 Å². The van der Waals surface area contributed by atoms with Crippen molar-refractivity contribution in [1.82, 2.24) is 15.1 Å². The molecule has 29 heavy (non-hydrogen) atoms. The monoisotopic (exact) mass is 396 g/mol. The zero-order valence-electron chi connectivity index (χ0n) is 17.0. The van der Waals surface area contributed by atoms with Crippen LogP contribution in [0.25, 0.3) is 0 Å². The minimum absolute atomic E-state index is 0.0899. The lowest BCUT2D eigenvalue weighted by Gasteiger charge is -2.26. The number of aromatic nitrogens is 2. The Labute approximate surface area is 170 Å². The van der Waals surface area contributed by atoms with E-state index in [4.69, 9.17) is 0 Å². The van der Waals surface area contributed by atoms with Gasteiger partial charge in [-0.1, -0.05) is 19.1 Å². The molecular weight excluding hydrogens is 368 g/mol. The van der Waals surface area contributed by atoms with Crippen molar-refractivity contribution in [3.05, 3.63) is 58.0 Å². The van der Waals surface area contributed by atoms with E-state index in [0.29, 0.717) is 5.69 Å². The molecule has 2 aromatic rings. The predicted molar refractivity (Wildman–Crippen MR) is 112 cm³/mol. The number of aryl methyl sites for hydroxylation is 2. The van der Waals surface area contributed by atoms with Gasteiger partial charge in [-0.3, -0.25) is 14.4 Å². The number of carbonyl (C=O) groups is 2. The fourth-order valence-electron chi connectivity index (χ4n) is 3.56. The number of hydrogen-bond donors (Lipinski definition) is 2. The molecule has 2 amide bonds. The van der Waals surface area contributed by atoms with E-state index in [1.807, 2.05) is 25.1 Å². The SMILES string of the molecule is Cc1cccc(NC(=O)c2ccc(=O)n(CCC(=O)NC3CCC(C)CC3)n2)c1. The van der Waals surface area contributed by atoms with Gasteiger partial charge < -0.3 is 10.6 Å². The molecule has 7 nitrogen and oxygen atoms in total. The number of carbonyl (C=O) groups excluding carboxylic acids is 2. The van der Waals surface area contributed by atoms with Crippen molar-refractivity contribution in [3.8, 4) is 0 Å². The molecule has 0 unspecified atom stereocenters. The van der Waals surface area contributed by atoms with E-state index in [9.17, 15) is 14.4 Å². The molecule has 1 aliphatic carbocycles. The maximum Gasteiger partial charge on any atom is 0.276 e. The van der Waals surface area contributed by atoms with E-state index in [0.717, 1.165) is 37.2 Å². The molecule has 0 radical (unpaired) electrons. The highest BCUT2D eigenvalue weighted by molar-refractivity contribution is 6.02. The van der Waals surface area contributed by atoms with Crippen LogP contribution in [0.4, 0.5) is 5.69 Å². The first-order valence-corrected chi connectivity index (χ1v) is 10.2. The van der Waals surface area contributed by atoms with Gasteiger partial charge in [0.25, 0.3) is 11.5 Å². The highest BCUT2D eigenvalue weighted by Gasteiger charge is 2.19. The highest BCUT2D eigenvalue weighted by atomic mass is 16.2. The summed E-state index contributed by atoms with van der Waals surface area (Å²) in [5, 5.41) is 9.95. The summed E-state index contributed by atoms with van der Waals surface area (Å²) in [6, 6.07) is 10.3. The molecule has 0 saturated heterocycles. The summed E-state index contributed by atoms with van der Waals surface area (Å²) in [5.74, 6) is 0.234. The zero-order valence-corrected chi connectivity index (χ0v) is 17.0. The Bertz CT molecular complexity index is 930. The molecule has 0 bridgehead atoms. The summed E-state index contributed by atoms with van der Waals surface area (Å²) in [6.45, 7) is 4.31. The molecular formula is C22H28N4O3. The number of nitrogens with zero attached hydrogens (tertiary/aromatic N) is 2. The van der Waals surface area contributed by atoms with Crippen molar-refractivity contribution in [2.24, 2.45) is 5.92 Å². The Balaban J connectivity index is 1.58. The summed E-state index contributed by atoms with van der Waals surface area (Å²) >= 11 is 0. The van der Waals surface area contributed by atoms with E-state index < -0.39 is 5.91 Å². The van der Waals surface area contributed by atoms with Gasteiger partial charge in [0.05, 0.1) is 6.54 Å². The summed E-state index contributed by atoms with van der Waals surface area (Å²) < 4.78 is 1.17. The summed E-state index contributed by atoms with van der Waals surface area (Å²) in [6.07, 6.45) is 4.41. The summed E-state index contributed by atoms with van der Waals surface area (Å²) in [5.41, 5.74) is 1.49. The first-order chi connectivity index (χ1) is 13.9. The average Bonchev–Trinajstić information content (AvgIpc) is 2.69. The van der Waals surface area contributed by atoms with E-state index in [2.05, 4.69) is 22.7 Å². The predicted octanol–water partition coefficient (Wildman–Crippen LogP) is 2.89. The Morgan fingerprint density at radius 1 is 1.14 bits per heavy atom. The summed E-state index contributed by atoms with van der Waals surface area (Å²) in [7, 11) is 0. The minimum Gasteiger partial charge on any atom is -0.353 e. The number of benzene rings is 1. The highest BCUT2D eigenvalue weighted by Crippen LogP contribution is 2.23. The Hall–Kier alpha value is -2.96. The fraction of sp³-hybridized carbons (Fsp3) is 0.455. The second-order valence-corrected chi connectivity index (χ2v) is 7.88. The largest absolute Gasteiger partial charge is 0.353 e. The molecule has 0 aliphatic heterocycles. The van der Waals surface area contributed by atoms with Crippen molar-refractivity contribution in [2.45, 2.75) is 58.5 Å². The van der Waals surface area contributed by atoms with Gasteiger partial charge in [-0.2, -0.15) is 5.10 Å². The van der Waals surface area contributed by atoms with E-state index >= 15 is 0 Å². The smallest absolute Gasteiger partial charge is 0.276 e. The van der Waals surface area contributed by atoms with Crippen molar-refractivity contribution in [1.29, 1.82) is 0 Å². The number of hydrogen-bond acceptors (Lipinski definition) is 4. The van der Waals surface area contributed by atoms with E-state index in [1.165, 1.54) is 16.8 Å². The second-order valence-electron chi connectivity index (χ2n) is 7.88. The molecule has 154 valence electrons. The third-order valence-corrected chi connectivity index (χ3v) is 5.31. The van der Waals surface area contributed by atoms with Crippen molar-refractivity contribution in [2.75, 3.05) is 5.32 Å². The quantitative estimate of drug-likeness (QED) is 0.785. The maximum absolute atomic E-state index is 12.4. The van der Waals surface area contributed by atoms with E-state index in [-0.39, 0.29) is 36.2 Å². The topological polar surface area (TPSA) is 93.1 Å². The Morgan fingerprint density at radius 3 is 2.62 bits per heavy atom. The number of nitrogens with one attached hydrogen (secondary N) is 2. The lowest BCUT2D eigenvalue weighted by molar-refractivity contribution is -0.122. The van der Waals surface area contributed by atoms with Crippen LogP contribution in [0, 0.1) is 12.8 Å². The third-order valence-electron chi connectivity index (χ3n) is 5.31. The molecule has 7 heteroatoms. The fourth-order valence-corrected chi connectivity index (χ4v) is 3.56. The Morgan fingerprint density at radius 2 is 1.90 bits per heavy atom. The number of anilines is 1. The van der Waals surface area contributed by atoms with Crippen molar-refractivity contribution < 1.29 is 9.59 Å². The van der Waals surface area contributed by atoms with Gasteiger partial charge >= 0.3 is 0 Å². The molecule has 1 fully saturated rings. The second kappa shape index (κ2) is 9.49. The van der Waals surface area contributed by atoms with Gasteiger partial charge in [0.2, 0.25) is 5.91 Å². The van der Waals surface area contributed by atoms with Crippen LogP contribution >= 0.6 is 0 Å². The average molecular weight is 396 g/mol. The third kappa shape index (κ3) is 6.01. The molecule has 1 aromatic carbocycles. The van der Waals surface area contributed by atoms with Crippen LogP contribution in [0.5, 0.6) is 0 Å². The van der Waals surface area contributed by atoms with Crippen molar-refractivity contribution in [3.63, 3.8) is 0 Å². The molecule has 1 aromatic heterocycles. The number of amides is 2. The van der Waals surface area contributed by atoms with Gasteiger partial charge in [-0.05, 0) is 62.3 Å². The van der Waals surface area contributed by atoms with Gasteiger partial charge in [-0.25, -0.2) is 4.68 Å². The standard InChI is InChI=1S/C22H28N4O3/c1-15-6-8-17(9-7-15)23-20(27)12-13-26-21(28)11-10-19(25-26)22(29)24-18-5-3-4-16(2)14-18/h3-5,10-11,14-15,17H,6-9,12-13H2,1-2H3,(H,23,27)(H,24,29). The van der Waals surface area contributed by atoms with Crippen LogP contribution in [-0.4, -0.2) is 27.6 Å². The maximum atomic E-state index is 12.4. The number of rotatable bonds is 6. The molecule has 1 saturated carbocycles. The lowest BCUT2D eigenvalue weighted by atomic mass is 9.87. The molecule has 1 heterocycles. The molecule has 3 rings (SSSR count). The first-order valence-electron chi connectivity index (χ1n) is 10.2. The normalized spacial score (nSPS) is 18.8. The van der Waals surface area contributed by atoms with Crippen LogP contribution in [-0.2, 0) is 11.3 Å². The molecule has 0 spiro atoms. The Kier molecular flexibility index (Phi) is 6.80. The van der Waals surface area contributed by atoms with Crippen LogP contribution in [0.15, 0.2) is 41.2 Å².